The van der Waals surface area contributed by atoms with Gasteiger partial charge in [-0.3, -0.25) is 9.59 Å². The molecule has 0 aromatic heterocycles. The van der Waals surface area contributed by atoms with Crippen molar-refractivity contribution >= 4 is 40.4 Å². The van der Waals surface area contributed by atoms with E-state index in [4.69, 9.17) is 9.47 Å². The van der Waals surface area contributed by atoms with Gasteiger partial charge in [-0.2, -0.15) is 0 Å². The van der Waals surface area contributed by atoms with Crippen molar-refractivity contribution in [3.8, 4) is 23.0 Å². The molecule has 0 radical (unpaired) electrons. The van der Waals surface area contributed by atoms with Gasteiger partial charge in [0.15, 0.2) is 11.6 Å². The number of aromatic hydroxyl groups is 2. The van der Waals surface area contributed by atoms with Crippen LogP contribution in [-0.4, -0.2) is 41.5 Å². The number of halogens is 1. The highest BCUT2D eigenvalue weighted by molar-refractivity contribution is 7.99. The van der Waals surface area contributed by atoms with Crippen molar-refractivity contribution in [1.82, 2.24) is 0 Å². The standard InChI is InChI=1S/C34H33FN2O6S/c1-4-7-18-36-30-28(35)26-27(33(41)25-21(39)17-16-20(38)24(25)32(26)40)34(44-19-12-9-8-10-13-19)31(30)37-29-22(42-5-2)14-11-15-23(29)43-6-3/h8-17,36-39H,4-7,18H2,1-3H3. The van der Waals surface area contributed by atoms with Crippen molar-refractivity contribution in [2.45, 2.75) is 43.4 Å². The Hall–Kier alpha value is -4.70. The number of carbonyl (C=O) groups excluding carboxylic acids is 2. The van der Waals surface area contributed by atoms with Crippen LogP contribution in [0, 0.1) is 5.82 Å². The molecule has 1 aliphatic carbocycles. The fourth-order valence-electron chi connectivity index (χ4n) is 5.11. The van der Waals surface area contributed by atoms with Crippen molar-refractivity contribution in [1.29, 1.82) is 0 Å². The molecule has 10 heteroatoms. The Bertz CT molecular complexity index is 1700. The molecule has 0 amide bonds. The Morgan fingerprint density at radius 1 is 0.727 bits per heavy atom. The summed E-state index contributed by atoms with van der Waals surface area (Å²) >= 11 is 1.17. The predicted molar refractivity (Wildman–Crippen MR) is 169 cm³/mol. The summed E-state index contributed by atoms with van der Waals surface area (Å²) in [5.41, 5.74) is -0.909. The highest BCUT2D eigenvalue weighted by atomic mass is 32.2. The van der Waals surface area contributed by atoms with E-state index in [0.29, 0.717) is 43.4 Å². The maximum Gasteiger partial charge on any atom is 0.201 e. The van der Waals surface area contributed by atoms with Gasteiger partial charge < -0.3 is 30.3 Å². The Morgan fingerprint density at radius 2 is 1.32 bits per heavy atom. The van der Waals surface area contributed by atoms with Crippen molar-refractivity contribution in [3.05, 3.63) is 88.7 Å². The summed E-state index contributed by atoms with van der Waals surface area (Å²) in [4.78, 5) is 29.1. The molecule has 0 atom stereocenters. The highest BCUT2D eigenvalue weighted by Gasteiger charge is 2.41. The molecule has 4 aromatic carbocycles. The third kappa shape index (κ3) is 5.65. The summed E-state index contributed by atoms with van der Waals surface area (Å²) in [6.45, 7) is 6.76. The predicted octanol–water partition coefficient (Wildman–Crippen LogP) is 7.92. The van der Waals surface area contributed by atoms with Gasteiger partial charge >= 0.3 is 0 Å². The Morgan fingerprint density at radius 3 is 1.89 bits per heavy atom. The van der Waals surface area contributed by atoms with Gasteiger partial charge in [-0.15, -0.1) is 0 Å². The van der Waals surface area contributed by atoms with E-state index in [1.807, 2.05) is 51.1 Å². The summed E-state index contributed by atoms with van der Waals surface area (Å²) in [7, 11) is 0. The molecule has 0 heterocycles. The molecule has 5 rings (SSSR count). The number of para-hydroxylation sites is 1. The third-order valence-electron chi connectivity index (χ3n) is 7.10. The van der Waals surface area contributed by atoms with Crippen LogP contribution in [0.4, 0.5) is 21.5 Å². The molecular formula is C34H33FN2O6S. The highest BCUT2D eigenvalue weighted by Crippen LogP contribution is 2.51. The second kappa shape index (κ2) is 13.3. The number of phenols is 2. The molecule has 4 aromatic rings. The SMILES string of the molecule is CCCCNc1c(F)c2c(c(Sc3ccccc3)c1Nc1c(OCC)cccc1OCC)C(=O)c1c(O)ccc(O)c1C2=O. The average Bonchev–Trinajstić information content (AvgIpc) is 3.01. The van der Waals surface area contributed by atoms with Crippen LogP contribution >= 0.6 is 11.8 Å². The Kier molecular flexibility index (Phi) is 9.29. The first kappa shape index (κ1) is 30.7. The fourth-order valence-corrected chi connectivity index (χ4v) is 6.19. The van der Waals surface area contributed by atoms with Crippen LogP contribution in [0.3, 0.4) is 0 Å². The van der Waals surface area contributed by atoms with Crippen molar-refractivity contribution in [3.63, 3.8) is 0 Å². The smallest absolute Gasteiger partial charge is 0.201 e. The van der Waals surface area contributed by atoms with Crippen molar-refractivity contribution in [2.75, 3.05) is 30.4 Å². The average molecular weight is 617 g/mol. The molecule has 0 saturated carbocycles. The molecule has 0 fully saturated rings. The quantitative estimate of drug-likeness (QED) is 0.0819. The van der Waals surface area contributed by atoms with Crippen LogP contribution in [0.2, 0.25) is 0 Å². The molecule has 0 unspecified atom stereocenters. The van der Waals surface area contributed by atoms with Gasteiger partial charge in [0.25, 0.3) is 0 Å². The minimum Gasteiger partial charge on any atom is -0.507 e. The molecule has 44 heavy (non-hydrogen) atoms. The largest absolute Gasteiger partial charge is 0.507 e. The van der Waals surface area contributed by atoms with Gasteiger partial charge in [0.2, 0.25) is 5.78 Å². The van der Waals surface area contributed by atoms with E-state index in [1.54, 1.807) is 18.2 Å². The van der Waals surface area contributed by atoms with E-state index >= 15 is 4.39 Å². The lowest BCUT2D eigenvalue weighted by Crippen LogP contribution is -2.25. The number of ketones is 2. The molecule has 0 spiro atoms. The first-order chi connectivity index (χ1) is 21.3. The molecule has 0 saturated heterocycles. The number of ether oxygens (including phenoxy) is 2. The Balaban J connectivity index is 1.86. The van der Waals surface area contributed by atoms with Crippen LogP contribution in [0.1, 0.15) is 65.5 Å². The van der Waals surface area contributed by atoms with E-state index in [9.17, 15) is 19.8 Å². The van der Waals surface area contributed by atoms with Gasteiger partial charge in [0.05, 0.1) is 51.7 Å². The van der Waals surface area contributed by atoms with Crippen LogP contribution in [0.15, 0.2) is 70.5 Å². The number of phenolic OH excluding ortho intramolecular Hbond substituents is 2. The van der Waals surface area contributed by atoms with E-state index in [-0.39, 0.29) is 27.4 Å². The molecule has 4 N–H and O–H groups in total. The summed E-state index contributed by atoms with van der Waals surface area (Å²) < 4.78 is 28.6. The summed E-state index contributed by atoms with van der Waals surface area (Å²) in [5.74, 6) is -2.75. The minimum absolute atomic E-state index is 0.0198. The maximum atomic E-state index is 16.8. The van der Waals surface area contributed by atoms with E-state index < -0.39 is 40.0 Å². The number of fused-ring (bicyclic) bond motifs is 2. The molecule has 0 bridgehead atoms. The number of carbonyl (C=O) groups is 2. The maximum absolute atomic E-state index is 16.8. The van der Waals surface area contributed by atoms with Gasteiger partial charge in [0.1, 0.15) is 28.7 Å². The minimum atomic E-state index is -0.949. The number of hydrogen-bond donors (Lipinski definition) is 4. The normalized spacial score (nSPS) is 12.0. The first-order valence-electron chi connectivity index (χ1n) is 14.5. The Labute approximate surface area is 259 Å². The van der Waals surface area contributed by atoms with Crippen LogP contribution in [0.5, 0.6) is 23.0 Å². The number of unbranched alkanes of at least 4 members (excludes halogenated alkanes) is 1. The number of rotatable bonds is 12. The van der Waals surface area contributed by atoms with E-state index in [1.165, 1.54) is 11.8 Å². The zero-order valence-electron chi connectivity index (χ0n) is 24.6. The van der Waals surface area contributed by atoms with Crippen LogP contribution in [-0.2, 0) is 0 Å². The number of benzene rings is 4. The molecule has 1 aliphatic rings. The monoisotopic (exact) mass is 616 g/mol. The molecule has 0 aliphatic heterocycles. The van der Waals surface area contributed by atoms with Gasteiger partial charge in [-0.25, -0.2) is 4.39 Å². The van der Waals surface area contributed by atoms with E-state index in [2.05, 4.69) is 10.6 Å². The topological polar surface area (TPSA) is 117 Å². The van der Waals surface area contributed by atoms with Crippen molar-refractivity contribution in [2.24, 2.45) is 0 Å². The number of anilines is 3. The third-order valence-corrected chi connectivity index (χ3v) is 8.22. The van der Waals surface area contributed by atoms with Crippen LogP contribution < -0.4 is 20.1 Å². The first-order valence-corrected chi connectivity index (χ1v) is 15.3. The van der Waals surface area contributed by atoms with Crippen LogP contribution in [0.25, 0.3) is 0 Å². The summed E-state index contributed by atoms with van der Waals surface area (Å²) in [5, 5.41) is 27.8. The lowest BCUT2D eigenvalue weighted by Gasteiger charge is -2.28. The number of nitrogens with one attached hydrogen (secondary N) is 2. The zero-order chi connectivity index (χ0) is 31.4. The van der Waals surface area contributed by atoms with Crippen molar-refractivity contribution < 1.29 is 33.7 Å². The second-order valence-electron chi connectivity index (χ2n) is 9.97. The lowest BCUT2D eigenvalue weighted by molar-refractivity contribution is 0.0968. The molecular weight excluding hydrogens is 583 g/mol. The summed E-state index contributed by atoms with van der Waals surface area (Å²) in [6.07, 6.45) is 1.54. The van der Waals surface area contributed by atoms with Gasteiger partial charge in [0, 0.05) is 11.4 Å². The lowest BCUT2D eigenvalue weighted by atomic mass is 9.82. The van der Waals surface area contributed by atoms with Gasteiger partial charge in [-0.1, -0.05) is 49.4 Å². The molecule has 228 valence electrons. The number of hydrogen-bond acceptors (Lipinski definition) is 9. The van der Waals surface area contributed by atoms with E-state index in [0.717, 1.165) is 23.4 Å². The molecule has 8 nitrogen and oxygen atoms in total. The fraction of sp³-hybridized carbons (Fsp3) is 0.235. The summed E-state index contributed by atoms with van der Waals surface area (Å²) in [6, 6.07) is 16.7. The zero-order valence-corrected chi connectivity index (χ0v) is 25.4. The second-order valence-corrected chi connectivity index (χ2v) is 11.1. The van der Waals surface area contributed by atoms with Gasteiger partial charge in [-0.05, 0) is 56.7 Å².